The second kappa shape index (κ2) is 13.2. The minimum absolute atomic E-state index is 0. The molecule has 1 aliphatic rings. The molecule has 27 heavy (non-hydrogen) atoms. The summed E-state index contributed by atoms with van der Waals surface area (Å²) >= 11 is 0. The van der Waals surface area contributed by atoms with Gasteiger partial charge < -0.3 is 25.0 Å². The molecule has 0 aliphatic carbocycles. The van der Waals surface area contributed by atoms with Gasteiger partial charge in [0.05, 0.1) is 13.7 Å². The molecule has 0 spiro atoms. The smallest absolute Gasteiger partial charge is 0.191 e. The molecular weight excluding hydrogens is 455 g/mol. The van der Waals surface area contributed by atoms with Crippen molar-refractivity contribution < 1.29 is 9.47 Å². The van der Waals surface area contributed by atoms with Crippen molar-refractivity contribution in [1.29, 1.82) is 0 Å². The van der Waals surface area contributed by atoms with Crippen LogP contribution in [0.2, 0.25) is 0 Å². The summed E-state index contributed by atoms with van der Waals surface area (Å²) in [6, 6.07) is 6.27. The van der Waals surface area contributed by atoms with E-state index in [9.17, 15) is 0 Å². The Morgan fingerprint density at radius 3 is 2.59 bits per heavy atom. The maximum atomic E-state index is 5.47. The van der Waals surface area contributed by atoms with E-state index in [1.165, 1.54) is 18.4 Å². The van der Waals surface area contributed by atoms with E-state index in [1.807, 2.05) is 7.05 Å². The van der Waals surface area contributed by atoms with Crippen LogP contribution in [-0.4, -0.2) is 64.9 Å². The summed E-state index contributed by atoms with van der Waals surface area (Å²) in [5, 5.41) is 6.86. The summed E-state index contributed by atoms with van der Waals surface area (Å²) in [6.45, 7) is 7.90. The molecule has 0 amide bonds. The molecule has 6 nitrogen and oxygen atoms in total. The predicted octanol–water partition coefficient (Wildman–Crippen LogP) is 2.65. The van der Waals surface area contributed by atoms with Gasteiger partial charge in [-0.3, -0.25) is 4.99 Å². The zero-order chi connectivity index (χ0) is 18.8. The molecule has 7 heteroatoms. The van der Waals surface area contributed by atoms with Crippen molar-refractivity contribution in [1.82, 2.24) is 15.5 Å². The van der Waals surface area contributed by atoms with E-state index in [1.54, 1.807) is 14.2 Å². The maximum absolute atomic E-state index is 5.47. The fourth-order valence-electron chi connectivity index (χ4n) is 3.27. The summed E-state index contributed by atoms with van der Waals surface area (Å²) in [6.07, 6.45) is 2.44. The number of guanidine groups is 1. The monoisotopic (exact) mass is 490 g/mol. The number of nitrogens with zero attached hydrogens (tertiary/aromatic N) is 2. The Balaban J connectivity index is 0.00000364. The Labute approximate surface area is 181 Å². The van der Waals surface area contributed by atoms with Crippen molar-refractivity contribution in [2.24, 2.45) is 10.9 Å². The van der Waals surface area contributed by atoms with Crippen LogP contribution in [0.3, 0.4) is 0 Å². The molecule has 0 atom stereocenters. The standard InChI is InChI=1S/C20H34N4O2.HI/c1-16-5-6-18(19(13-16)26-4)15-23-20(21-2)22-14-17-7-9-24(10-8-17)11-12-25-3;/h5-6,13,17H,7-12,14-15H2,1-4H3,(H2,21,22,23);1H. The third-order valence-corrected chi connectivity index (χ3v) is 4.99. The van der Waals surface area contributed by atoms with Crippen LogP contribution >= 0.6 is 24.0 Å². The highest BCUT2D eigenvalue weighted by molar-refractivity contribution is 14.0. The van der Waals surface area contributed by atoms with Crippen LogP contribution in [0.1, 0.15) is 24.0 Å². The van der Waals surface area contributed by atoms with E-state index in [0.717, 1.165) is 50.1 Å². The maximum Gasteiger partial charge on any atom is 0.191 e. The van der Waals surface area contributed by atoms with E-state index in [4.69, 9.17) is 9.47 Å². The fourth-order valence-corrected chi connectivity index (χ4v) is 3.27. The number of halogens is 1. The summed E-state index contributed by atoms with van der Waals surface area (Å²) in [7, 11) is 5.29. The molecule has 1 saturated heterocycles. The summed E-state index contributed by atoms with van der Waals surface area (Å²) in [5.41, 5.74) is 2.33. The van der Waals surface area contributed by atoms with Crippen molar-refractivity contribution in [2.45, 2.75) is 26.3 Å². The molecule has 2 N–H and O–H groups in total. The molecule has 0 radical (unpaired) electrons. The van der Waals surface area contributed by atoms with Crippen molar-refractivity contribution in [3.63, 3.8) is 0 Å². The largest absolute Gasteiger partial charge is 0.496 e. The molecule has 0 unspecified atom stereocenters. The van der Waals surface area contributed by atoms with Crippen LogP contribution < -0.4 is 15.4 Å². The van der Waals surface area contributed by atoms with Gasteiger partial charge in [-0.15, -0.1) is 24.0 Å². The molecule has 1 heterocycles. The van der Waals surface area contributed by atoms with E-state index < -0.39 is 0 Å². The number of rotatable bonds is 8. The van der Waals surface area contributed by atoms with Crippen molar-refractivity contribution in [3.8, 4) is 5.75 Å². The third-order valence-electron chi connectivity index (χ3n) is 4.99. The molecule has 1 fully saturated rings. The Kier molecular flexibility index (Phi) is 11.7. The first kappa shape index (κ1) is 24.0. The van der Waals surface area contributed by atoms with Gasteiger partial charge in [0.1, 0.15) is 5.75 Å². The van der Waals surface area contributed by atoms with Crippen LogP contribution in [0.25, 0.3) is 0 Å². The average molecular weight is 490 g/mol. The van der Waals surface area contributed by atoms with Gasteiger partial charge in [-0.05, 0) is 50.4 Å². The quantitative estimate of drug-likeness (QED) is 0.334. The van der Waals surface area contributed by atoms with E-state index >= 15 is 0 Å². The number of aryl methyl sites for hydroxylation is 1. The molecule has 154 valence electrons. The van der Waals surface area contributed by atoms with Gasteiger partial charge in [0, 0.05) is 39.4 Å². The average Bonchev–Trinajstić information content (AvgIpc) is 2.68. The van der Waals surface area contributed by atoms with E-state index in [2.05, 4.69) is 45.6 Å². The SMILES string of the molecule is CN=C(NCc1ccc(C)cc1OC)NCC1CCN(CCOC)CC1.I. The van der Waals surface area contributed by atoms with E-state index in [-0.39, 0.29) is 24.0 Å². The minimum atomic E-state index is 0. The molecule has 1 aromatic rings. The molecule has 0 saturated carbocycles. The first-order valence-electron chi connectivity index (χ1n) is 9.45. The zero-order valence-corrected chi connectivity index (χ0v) is 19.4. The van der Waals surface area contributed by atoms with Gasteiger partial charge in [0.25, 0.3) is 0 Å². The molecule has 1 aromatic carbocycles. The van der Waals surface area contributed by atoms with Crippen LogP contribution in [0.4, 0.5) is 0 Å². The highest BCUT2D eigenvalue weighted by atomic mass is 127. The van der Waals surface area contributed by atoms with Gasteiger partial charge in [0.2, 0.25) is 0 Å². The third kappa shape index (κ3) is 8.23. The highest BCUT2D eigenvalue weighted by Gasteiger charge is 2.19. The van der Waals surface area contributed by atoms with Gasteiger partial charge in [-0.25, -0.2) is 0 Å². The molecule has 0 aromatic heterocycles. The minimum Gasteiger partial charge on any atom is -0.496 e. The lowest BCUT2D eigenvalue weighted by atomic mass is 9.97. The van der Waals surface area contributed by atoms with Gasteiger partial charge in [0.15, 0.2) is 5.96 Å². The Morgan fingerprint density at radius 1 is 1.22 bits per heavy atom. The predicted molar refractivity (Wildman–Crippen MR) is 122 cm³/mol. The molecule has 0 bridgehead atoms. The summed E-state index contributed by atoms with van der Waals surface area (Å²) < 4.78 is 10.6. The van der Waals surface area contributed by atoms with Gasteiger partial charge in [-0.2, -0.15) is 0 Å². The van der Waals surface area contributed by atoms with Crippen molar-refractivity contribution in [2.75, 3.05) is 54.1 Å². The lowest BCUT2D eigenvalue weighted by molar-refractivity contribution is 0.121. The first-order valence-corrected chi connectivity index (χ1v) is 9.45. The number of likely N-dealkylation sites (tertiary alicyclic amines) is 1. The molecule has 2 rings (SSSR count). The number of piperidine rings is 1. The zero-order valence-electron chi connectivity index (χ0n) is 17.1. The van der Waals surface area contributed by atoms with Crippen molar-refractivity contribution >= 4 is 29.9 Å². The first-order chi connectivity index (χ1) is 12.7. The van der Waals surface area contributed by atoms with Crippen molar-refractivity contribution in [3.05, 3.63) is 29.3 Å². The van der Waals surface area contributed by atoms with Gasteiger partial charge >= 0.3 is 0 Å². The summed E-state index contributed by atoms with van der Waals surface area (Å²) in [5.74, 6) is 2.45. The highest BCUT2D eigenvalue weighted by Crippen LogP contribution is 2.19. The second-order valence-electron chi connectivity index (χ2n) is 6.90. The number of aliphatic imine (C=N–C) groups is 1. The normalized spacial score (nSPS) is 15.9. The number of benzene rings is 1. The number of ether oxygens (including phenoxy) is 2. The molecule has 1 aliphatic heterocycles. The number of hydrogen-bond donors (Lipinski definition) is 2. The Hall–Kier alpha value is -1.06. The van der Waals surface area contributed by atoms with Crippen LogP contribution in [0, 0.1) is 12.8 Å². The summed E-state index contributed by atoms with van der Waals surface area (Å²) in [4.78, 5) is 6.83. The molecular formula is C20H35IN4O2. The lowest BCUT2D eigenvalue weighted by Gasteiger charge is -2.32. The number of hydrogen-bond acceptors (Lipinski definition) is 4. The van der Waals surface area contributed by atoms with Crippen LogP contribution in [0.15, 0.2) is 23.2 Å². The topological polar surface area (TPSA) is 58.1 Å². The Morgan fingerprint density at radius 2 is 1.96 bits per heavy atom. The number of methoxy groups -OCH3 is 2. The second-order valence-corrected chi connectivity index (χ2v) is 6.90. The van der Waals surface area contributed by atoms with Crippen LogP contribution in [-0.2, 0) is 11.3 Å². The van der Waals surface area contributed by atoms with Crippen LogP contribution in [0.5, 0.6) is 5.75 Å². The fraction of sp³-hybridized carbons (Fsp3) is 0.650. The number of nitrogens with one attached hydrogen (secondary N) is 2. The lowest BCUT2D eigenvalue weighted by Crippen LogP contribution is -2.43. The van der Waals surface area contributed by atoms with E-state index in [0.29, 0.717) is 12.5 Å². The Bertz CT molecular complexity index is 575. The van der Waals surface area contributed by atoms with Gasteiger partial charge in [-0.1, -0.05) is 12.1 Å².